The maximum atomic E-state index is 14.5. The van der Waals surface area contributed by atoms with Crippen LogP contribution in [-0.2, 0) is 22.8 Å². The summed E-state index contributed by atoms with van der Waals surface area (Å²) < 4.78 is 27.8. The minimum atomic E-state index is -0.948. The summed E-state index contributed by atoms with van der Waals surface area (Å²) in [5.41, 5.74) is 1.44. The van der Waals surface area contributed by atoms with E-state index >= 15 is 0 Å². The second-order valence-electron chi connectivity index (χ2n) is 7.07. The molecule has 0 aliphatic carbocycles. The van der Waals surface area contributed by atoms with Gasteiger partial charge in [0.2, 0.25) is 0 Å². The maximum Gasteiger partial charge on any atom is 0.524 e. The zero-order valence-electron chi connectivity index (χ0n) is 14.7. The van der Waals surface area contributed by atoms with E-state index in [1.54, 1.807) is 16.0 Å². The maximum absolute atomic E-state index is 14.5. The molecule has 0 N–H and O–H groups in total. The molecule has 0 bridgehead atoms. The van der Waals surface area contributed by atoms with Crippen LogP contribution in [0.4, 0.5) is 4.39 Å². The predicted octanol–water partition coefficient (Wildman–Crippen LogP) is 4.18. The first kappa shape index (κ1) is 17.4. The largest absolute Gasteiger partial charge is 0.524 e. The summed E-state index contributed by atoms with van der Waals surface area (Å²) in [5.74, 6) is 0. The third kappa shape index (κ3) is 3.20. The number of hydrogen-bond acceptors (Lipinski definition) is 4. The van der Waals surface area contributed by atoms with Gasteiger partial charge in [-0.3, -0.25) is 4.68 Å². The monoisotopic (exact) mass is 348 g/mol. The summed E-state index contributed by atoms with van der Waals surface area (Å²) in [6.45, 7) is 7.65. The van der Waals surface area contributed by atoms with Crippen molar-refractivity contribution in [2.45, 2.75) is 45.3 Å². The van der Waals surface area contributed by atoms with Gasteiger partial charge >= 0.3 is 7.12 Å². The molecule has 128 valence electrons. The SMILES string of the molecule is Cn1cc(CC=C(F)B2OC(C)(C)C(C)(C)O2)c(-c2ccsc2)n1. The molecule has 0 radical (unpaired) electrons. The molecule has 2 aromatic heterocycles. The molecule has 1 aliphatic rings. The van der Waals surface area contributed by atoms with Crippen molar-refractivity contribution in [3.05, 3.63) is 40.4 Å². The molecule has 0 amide bonds. The smallest absolute Gasteiger partial charge is 0.398 e. The van der Waals surface area contributed by atoms with Crippen LogP contribution >= 0.6 is 11.3 Å². The molecule has 0 unspecified atom stereocenters. The van der Waals surface area contributed by atoms with E-state index in [0.717, 1.165) is 16.8 Å². The summed E-state index contributed by atoms with van der Waals surface area (Å²) in [7, 11) is 0.921. The highest BCUT2D eigenvalue weighted by Crippen LogP contribution is 2.38. The van der Waals surface area contributed by atoms with Gasteiger partial charge in [0.1, 0.15) is 5.73 Å². The molecule has 3 heterocycles. The fraction of sp³-hybridized carbons (Fsp3) is 0.471. The molecule has 1 saturated heterocycles. The quantitative estimate of drug-likeness (QED) is 0.778. The van der Waals surface area contributed by atoms with Crippen molar-refractivity contribution in [3.8, 4) is 11.3 Å². The van der Waals surface area contributed by atoms with Crippen molar-refractivity contribution in [2.75, 3.05) is 0 Å². The van der Waals surface area contributed by atoms with E-state index in [1.165, 1.54) is 6.08 Å². The lowest BCUT2D eigenvalue weighted by atomic mass is 9.87. The van der Waals surface area contributed by atoms with Crippen LogP contribution in [0, 0.1) is 0 Å². The fourth-order valence-corrected chi connectivity index (χ4v) is 3.23. The third-order valence-electron chi connectivity index (χ3n) is 4.69. The molecule has 3 rings (SSSR count). The summed E-state index contributed by atoms with van der Waals surface area (Å²) in [4.78, 5) is 0. The third-order valence-corrected chi connectivity index (χ3v) is 5.38. The topological polar surface area (TPSA) is 36.3 Å². The number of rotatable bonds is 4. The number of aromatic nitrogens is 2. The predicted molar refractivity (Wildman–Crippen MR) is 95.5 cm³/mol. The number of hydrogen-bond donors (Lipinski definition) is 0. The lowest BCUT2D eigenvalue weighted by Crippen LogP contribution is -2.41. The van der Waals surface area contributed by atoms with Crippen LogP contribution in [-0.4, -0.2) is 28.1 Å². The van der Waals surface area contributed by atoms with Crippen LogP contribution in [0.15, 0.2) is 34.8 Å². The number of allylic oxidation sites excluding steroid dienone is 1. The first-order valence-electron chi connectivity index (χ1n) is 7.96. The Labute approximate surface area is 146 Å². The van der Waals surface area contributed by atoms with Crippen LogP contribution in [0.2, 0.25) is 0 Å². The molecule has 0 saturated carbocycles. The molecule has 1 fully saturated rings. The van der Waals surface area contributed by atoms with E-state index < -0.39 is 24.0 Å². The molecule has 0 spiro atoms. The first-order valence-corrected chi connectivity index (χ1v) is 8.90. The molecule has 4 nitrogen and oxygen atoms in total. The summed E-state index contributed by atoms with van der Waals surface area (Å²) in [6.07, 6.45) is 3.88. The standard InChI is InChI=1S/C17H22BFN2O2S/c1-16(2)17(3,4)23-18(22-16)14(19)7-6-12-10-21(5)20-15(12)13-8-9-24-11-13/h7-11H,6H2,1-5H3. The lowest BCUT2D eigenvalue weighted by molar-refractivity contribution is 0.00578. The van der Waals surface area contributed by atoms with E-state index in [4.69, 9.17) is 9.31 Å². The van der Waals surface area contributed by atoms with Crippen molar-refractivity contribution in [1.82, 2.24) is 9.78 Å². The van der Waals surface area contributed by atoms with Crippen LogP contribution in [0.3, 0.4) is 0 Å². The number of aryl methyl sites for hydroxylation is 1. The molecular weight excluding hydrogens is 326 g/mol. The average molecular weight is 348 g/mol. The van der Waals surface area contributed by atoms with Gasteiger partial charge in [0.05, 0.1) is 16.9 Å². The van der Waals surface area contributed by atoms with E-state index in [9.17, 15) is 4.39 Å². The second kappa shape index (κ2) is 6.13. The molecule has 7 heteroatoms. The van der Waals surface area contributed by atoms with Gasteiger partial charge in [-0.05, 0) is 45.6 Å². The number of thiophene rings is 1. The van der Waals surface area contributed by atoms with E-state index in [-0.39, 0.29) is 0 Å². The Morgan fingerprint density at radius 3 is 2.58 bits per heavy atom. The highest BCUT2D eigenvalue weighted by molar-refractivity contribution is 7.08. The first-order chi connectivity index (χ1) is 11.2. The van der Waals surface area contributed by atoms with E-state index in [2.05, 4.69) is 5.10 Å². The van der Waals surface area contributed by atoms with Crippen molar-refractivity contribution in [3.63, 3.8) is 0 Å². The zero-order chi connectivity index (χ0) is 17.5. The highest BCUT2D eigenvalue weighted by atomic mass is 32.1. The van der Waals surface area contributed by atoms with Crippen LogP contribution in [0.25, 0.3) is 11.3 Å². The molecule has 2 aromatic rings. The van der Waals surface area contributed by atoms with Gasteiger partial charge in [0.15, 0.2) is 0 Å². The van der Waals surface area contributed by atoms with Gasteiger partial charge in [-0.2, -0.15) is 16.4 Å². The molecule has 0 aromatic carbocycles. The van der Waals surface area contributed by atoms with Crippen molar-refractivity contribution >= 4 is 18.5 Å². The van der Waals surface area contributed by atoms with Crippen LogP contribution < -0.4 is 0 Å². The van der Waals surface area contributed by atoms with Crippen molar-refractivity contribution in [1.29, 1.82) is 0 Å². The summed E-state index contributed by atoms with van der Waals surface area (Å²) in [6, 6.07) is 2.02. The van der Waals surface area contributed by atoms with Gasteiger partial charge in [-0.15, -0.1) is 0 Å². The molecule has 24 heavy (non-hydrogen) atoms. The Morgan fingerprint density at radius 2 is 2.00 bits per heavy atom. The Hall–Kier alpha value is -1.44. The second-order valence-corrected chi connectivity index (χ2v) is 7.85. The molecule has 1 aliphatic heterocycles. The minimum Gasteiger partial charge on any atom is -0.398 e. The van der Waals surface area contributed by atoms with Gasteiger partial charge in [-0.25, -0.2) is 4.39 Å². The van der Waals surface area contributed by atoms with Crippen LogP contribution in [0.5, 0.6) is 0 Å². The lowest BCUT2D eigenvalue weighted by Gasteiger charge is -2.32. The van der Waals surface area contributed by atoms with Gasteiger partial charge in [0, 0.05) is 29.8 Å². The summed E-state index contributed by atoms with van der Waals surface area (Å²) in [5, 5.41) is 8.53. The van der Waals surface area contributed by atoms with Crippen molar-refractivity contribution in [2.24, 2.45) is 7.05 Å². The van der Waals surface area contributed by atoms with Crippen molar-refractivity contribution < 1.29 is 13.7 Å². The highest BCUT2D eigenvalue weighted by Gasteiger charge is 2.52. The Balaban J connectivity index is 1.77. The van der Waals surface area contributed by atoms with Gasteiger partial charge in [-0.1, -0.05) is 6.08 Å². The average Bonchev–Trinajstić information content (AvgIpc) is 3.16. The Bertz CT molecular complexity index is 737. The Morgan fingerprint density at radius 1 is 1.33 bits per heavy atom. The van der Waals surface area contributed by atoms with Crippen LogP contribution in [0.1, 0.15) is 33.3 Å². The number of nitrogens with zero attached hydrogens (tertiary/aromatic N) is 2. The van der Waals surface area contributed by atoms with Gasteiger partial charge < -0.3 is 9.31 Å². The minimum absolute atomic E-state index is 0.395. The zero-order valence-corrected chi connectivity index (χ0v) is 15.5. The fourth-order valence-electron chi connectivity index (χ4n) is 2.59. The molecule has 0 atom stereocenters. The van der Waals surface area contributed by atoms with E-state index in [0.29, 0.717) is 6.42 Å². The summed E-state index contributed by atoms with van der Waals surface area (Å²) >= 11 is 1.62. The molecular formula is C17H22BFN2O2S. The van der Waals surface area contributed by atoms with E-state index in [1.807, 2.05) is 57.8 Å². The van der Waals surface area contributed by atoms with Gasteiger partial charge in [0.25, 0.3) is 0 Å². The normalized spacial score (nSPS) is 19.9. The Kier molecular flexibility index (Phi) is 4.44. The number of halogens is 1.